The minimum Gasteiger partial charge on any atom is -0.379 e. The van der Waals surface area contributed by atoms with E-state index in [0.29, 0.717) is 0 Å². The van der Waals surface area contributed by atoms with E-state index in [-0.39, 0.29) is 0 Å². The first-order chi connectivity index (χ1) is 8.70. The Morgan fingerprint density at radius 1 is 1.44 bits per heavy atom. The first-order valence-corrected chi connectivity index (χ1v) is 6.50. The summed E-state index contributed by atoms with van der Waals surface area (Å²) in [4.78, 5) is 2.17. The predicted octanol–water partition coefficient (Wildman–Crippen LogP) is 2.73. The lowest BCUT2D eigenvalue weighted by molar-refractivity contribution is 0.131. The van der Waals surface area contributed by atoms with E-state index in [1.54, 1.807) is 0 Å². The van der Waals surface area contributed by atoms with Crippen LogP contribution in [0.25, 0.3) is 0 Å². The summed E-state index contributed by atoms with van der Waals surface area (Å²) in [5.74, 6) is 0.826. The summed E-state index contributed by atoms with van der Waals surface area (Å²) in [6.07, 6.45) is 2.68. The Labute approximate surface area is 109 Å². The summed E-state index contributed by atoms with van der Waals surface area (Å²) in [6, 6.07) is 8.12. The molecule has 1 aromatic carbocycles. The summed E-state index contributed by atoms with van der Waals surface area (Å²) in [5.41, 5.74) is 2.92. The molecule has 18 heavy (non-hydrogen) atoms. The van der Waals surface area contributed by atoms with E-state index >= 15 is 0 Å². The standard InChI is InChI=1S/C15H20N2O/c1-12-9-15(6-5-14(12)10-16)17(2)7-8-18-11-13-3-4-13/h5-6,9,13H,3-4,7-8,11H2,1-2H3. The van der Waals surface area contributed by atoms with Crippen molar-refractivity contribution >= 4 is 5.69 Å². The fourth-order valence-corrected chi connectivity index (χ4v) is 1.88. The smallest absolute Gasteiger partial charge is 0.0994 e. The Morgan fingerprint density at radius 3 is 2.83 bits per heavy atom. The zero-order valence-corrected chi connectivity index (χ0v) is 11.1. The van der Waals surface area contributed by atoms with Crippen LogP contribution in [0.15, 0.2) is 18.2 Å². The summed E-state index contributed by atoms with van der Waals surface area (Å²) in [6.45, 7) is 4.55. The number of aryl methyl sites for hydroxylation is 1. The van der Waals surface area contributed by atoms with Crippen molar-refractivity contribution in [1.29, 1.82) is 5.26 Å². The molecule has 0 saturated heterocycles. The van der Waals surface area contributed by atoms with Crippen LogP contribution < -0.4 is 4.90 Å². The normalized spacial score (nSPS) is 14.3. The highest BCUT2D eigenvalue weighted by molar-refractivity contribution is 5.52. The number of hydrogen-bond donors (Lipinski definition) is 0. The maximum Gasteiger partial charge on any atom is 0.0994 e. The van der Waals surface area contributed by atoms with Gasteiger partial charge in [-0.25, -0.2) is 0 Å². The van der Waals surface area contributed by atoms with Crippen LogP contribution in [0.5, 0.6) is 0 Å². The summed E-state index contributed by atoms with van der Waals surface area (Å²) in [5, 5.41) is 8.90. The van der Waals surface area contributed by atoms with Gasteiger partial charge in [-0.1, -0.05) is 0 Å². The molecule has 1 aliphatic carbocycles. The van der Waals surface area contributed by atoms with Gasteiger partial charge in [0.2, 0.25) is 0 Å². The second kappa shape index (κ2) is 5.88. The van der Waals surface area contributed by atoms with Crippen molar-refractivity contribution < 1.29 is 4.74 Å². The molecule has 0 atom stereocenters. The highest BCUT2D eigenvalue weighted by Gasteiger charge is 2.20. The highest BCUT2D eigenvalue weighted by atomic mass is 16.5. The van der Waals surface area contributed by atoms with E-state index in [2.05, 4.69) is 24.1 Å². The summed E-state index contributed by atoms with van der Waals surface area (Å²) >= 11 is 0. The van der Waals surface area contributed by atoms with Gasteiger partial charge in [0.15, 0.2) is 0 Å². The van der Waals surface area contributed by atoms with Crippen LogP contribution in [0.1, 0.15) is 24.0 Å². The van der Waals surface area contributed by atoms with Crippen molar-refractivity contribution in [2.45, 2.75) is 19.8 Å². The van der Waals surface area contributed by atoms with Crippen molar-refractivity contribution in [2.24, 2.45) is 5.92 Å². The molecule has 3 heteroatoms. The molecule has 0 aromatic heterocycles. The minimum atomic E-state index is 0.747. The zero-order chi connectivity index (χ0) is 13.0. The molecule has 0 radical (unpaired) electrons. The van der Waals surface area contributed by atoms with Gasteiger partial charge in [-0.15, -0.1) is 0 Å². The average molecular weight is 244 g/mol. The van der Waals surface area contributed by atoms with Crippen LogP contribution >= 0.6 is 0 Å². The van der Waals surface area contributed by atoms with E-state index in [9.17, 15) is 0 Å². The lowest BCUT2D eigenvalue weighted by Gasteiger charge is -2.20. The zero-order valence-electron chi connectivity index (χ0n) is 11.1. The lowest BCUT2D eigenvalue weighted by atomic mass is 10.1. The number of likely N-dealkylation sites (N-methyl/N-ethyl adjacent to an activating group) is 1. The molecule has 1 saturated carbocycles. The maximum atomic E-state index is 8.90. The Balaban J connectivity index is 1.81. The van der Waals surface area contributed by atoms with Gasteiger partial charge in [-0.3, -0.25) is 0 Å². The van der Waals surface area contributed by atoms with E-state index in [1.807, 2.05) is 19.1 Å². The van der Waals surface area contributed by atoms with Crippen molar-refractivity contribution in [3.63, 3.8) is 0 Å². The van der Waals surface area contributed by atoms with E-state index in [0.717, 1.165) is 42.5 Å². The Hall–Kier alpha value is -1.53. The van der Waals surface area contributed by atoms with Gasteiger partial charge < -0.3 is 9.64 Å². The van der Waals surface area contributed by atoms with Gasteiger partial charge in [0.05, 0.1) is 18.2 Å². The van der Waals surface area contributed by atoms with Gasteiger partial charge in [0.25, 0.3) is 0 Å². The van der Waals surface area contributed by atoms with Crippen molar-refractivity contribution in [1.82, 2.24) is 0 Å². The van der Waals surface area contributed by atoms with Crippen molar-refractivity contribution in [2.75, 3.05) is 31.7 Å². The predicted molar refractivity (Wildman–Crippen MR) is 72.7 cm³/mol. The average Bonchev–Trinajstić information content (AvgIpc) is 3.18. The lowest BCUT2D eigenvalue weighted by Crippen LogP contribution is -2.23. The van der Waals surface area contributed by atoms with Crippen LogP contribution in [0.3, 0.4) is 0 Å². The Kier molecular flexibility index (Phi) is 4.22. The third-order valence-corrected chi connectivity index (χ3v) is 3.39. The Bertz CT molecular complexity index is 446. The molecule has 0 amide bonds. The van der Waals surface area contributed by atoms with Gasteiger partial charge in [0.1, 0.15) is 0 Å². The maximum absolute atomic E-state index is 8.90. The molecular weight excluding hydrogens is 224 g/mol. The fourth-order valence-electron chi connectivity index (χ4n) is 1.88. The first-order valence-electron chi connectivity index (χ1n) is 6.50. The van der Waals surface area contributed by atoms with Crippen LogP contribution in [-0.2, 0) is 4.74 Å². The van der Waals surface area contributed by atoms with Crippen molar-refractivity contribution in [3.8, 4) is 6.07 Å². The van der Waals surface area contributed by atoms with Crippen LogP contribution in [0.4, 0.5) is 5.69 Å². The third-order valence-electron chi connectivity index (χ3n) is 3.39. The highest BCUT2D eigenvalue weighted by Crippen LogP contribution is 2.28. The first kappa shape index (κ1) is 12.9. The topological polar surface area (TPSA) is 36.3 Å². The number of hydrogen-bond acceptors (Lipinski definition) is 3. The quantitative estimate of drug-likeness (QED) is 0.722. The minimum absolute atomic E-state index is 0.747. The molecule has 2 rings (SSSR count). The Morgan fingerprint density at radius 2 is 2.22 bits per heavy atom. The second-order valence-electron chi connectivity index (χ2n) is 5.05. The number of nitriles is 1. The number of nitrogens with zero attached hydrogens (tertiary/aromatic N) is 2. The SMILES string of the molecule is Cc1cc(N(C)CCOCC2CC2)ccc1C#N. The molecule has 96 valence electrons. The van der Waals surface area contributed by atoms with E-state index in [1.165, 1.54) is 12.8 Å². The number of ether oxygens (including phenoxy) is 1. The van der Waals surface area contributed by atoms with Crippen LogP contribution in [-0.4, -0.2) is 26.8 Å². The van der Waals surface area contributed by atoms with E-state index in [4.69, 9.17) is 10.00 Å². The molecule has 3 nitrogen and oxygen atoms in total. The second-order valence-corrected chi connectivity index (χ2v) is 5.05. The molecule has 0 aliphatic heterocycles. The molecular formula is C15H20N2O. The summed E-state index contributed by atoms with van der Waals surface area (Å²) < 4.78 is 5.63. The molecule has 0 N–H and O–H groups in total. The van der Waals surface area contributed by atoms with E-state index < -0.39 is 0 Å². The van der Waals surface area contributed by atoms with Crippen LogP contribution in [0.2, 0.25) is 0 Å². The van der Waals surface area contributed by atoms with Gasteiger partial charge in [0, 0.05) is 25.9 Å². The van der Waals surface area contributed by atoms with Gasteiger partial charge in [-0.2, -0.15) is 5.26 Å². The van der Waals surface area contributed by atoms with Gasteiger partial charge in [-0.05, 0) is 49.4 Å². The largest absolute Gasteiger partial charge is 0.379 e. The molecule has 0 heterocycles. The third kappa shape index (κ3) is 3.48. The van der Waals surface area contributed by atoms with Gasteiger partial charge >= 0.3 is 0 Å². The number of anilines is 1. The fraction of sp³-hybridized carbons (Fsp3) is 0.533. The molecule has 1 aromatic rings. The van der Waals surface area contributed by atoms with Crippen molar-refractivity contribution in [3.05, 3.63) is 29.3 Å². The molecule has 1 fully saturated rings. The monoisotopic (exact) mass is 244 g/mol. The molecule has 0 unspecified atom stereocenters. The molecule has 1 aliphatic rings. The number of benzene rings is 1. The molecule has 0 spiro atoms. The molecule has 0 bridgehead atoms. The summed E-state index contributed by atoms with van der Waals surface area (Å²) in [7, 11) is 2.06. The van der Waals surface area contributed by atoms with Crippen LogP contribution in [0, 0.1) is 24.2 Å². The number of rotatable bonds is 6.